The van der Waals surface area contributed by atoms with Crippen molar-refractivity contribution in [2.45, 2.75) is 4.90 Å². The van der Waals surface area contributed by atoms with Gasteiger partial charge in [-0.05, 0) is 18.2 Å². The van der Waals surface area contributed by atoms with Crippen LogP contribution in [0, 0.1) is 10.1 Å². The highest BCUT2D eigenvalue weighted by atomic mass is 32.2. The zero-order chi connectivity index (χ0) is 16.1. The zero-order valence-corrected chi connectivity index (χ0v) is 12.8. The maximum atomic E-state index is 12.1. The number of thioether (sulfide) groups is 1. The molecular formula is C16H10N2O4S. The predicted octanol–water partition coefficient (Wildman–Crippen LogP) is 3.63. The minimum absolute atomic E-state index is 0.123. The molecule has 2 aliphatic rings. The first-order valence-corrected chi connectivity index (χ1v) is 7.64. The highest BCUT2D eigenvalue weighted by molar-refractivity contribution is 8.04. The molecular weight excluding hydrogens is 316 g/mol. The van der Waals surface area contributed by atoms with Gasteiger partial charge in [-0.3, -0.25) is 10.1 Å². The smallest absolute Gasteiger partial charge is 0.344 e. The van der Waals surface area contributed by atoms with Crippen molar-refractivity contribution in [2.75, 3.05) is 11.9 Å². The quantitative estimate of drug-likeness (QED) is 0.453. The fourth-order valence-corrected chi connectivity index (χ4v) is 3.82. The Morgan fingerprint density at radius 3 is 2.70 bits per heavy atom. The Kier molecular flexibility index (Phi) is 2.92. The maximum Gasteiger partial charge on any atom is 0.344 e. The minimum atomic E-state index is -0.559. The second kappa shape index (κ2) is 4.85. The van der Waals surface area contributed by atoms with E-state index < -0.39 is 10.9 Å². The van der Waals surface area contributed by atoms with E-state index in [0.29, 0.717) is 11.3 Å². The van der Waals surface area contributed by atoms with Crippen LogP contribution in [-0.4, -0.2) is 17.9 Å². The molecule has 114 valence electrons. The fraction of sp³-hybridized carbons (Fsp3) is 0.0625. The summed E-state index contributed by atoms with van der Waals surface area (Å²) in [6, 6.07) is 12.1. The van der Waals surface area contributed by atoms with Crippen LogP contribution in [-0.2, 0) is 4.74 Å². The first-order valence-electron chi connectivity index (χ1n) is 6.82. The van der Waals surface area contributed by atoms with Crippen LogP contribution in [0.2, 0.25) is 0 Å². The van der Waals surface area contributed by atoms with Gasteiger partial charge in [0.15, 0.2) is 5.76 Å². The molecule has 23 heavy (non-hydrogen) atoms. The first kappa shape index (κ1) is 13.8. The van der Waals surface area contributed by atoms with E-state index in [0.717, 1.165) is 15.6 Å². The van der Waals surface area contributed by atoms with Crippen LogP contribution in [0.4, 0.5) is 11.4 Å². The summed E-state index contributed by atoms with van der Waals surface area (Å²) in [5.74, 6) is -0.111. The minimum Gasteiger partial charge on any atom is -0.419 e. The molecule has 0 N–H and O–H groups in total. The van der Waals surface area contributed by atoms with E-state index in [-0.39, 0.29) is 11.3 Å². The van der Waals surface area contributed by atoms with Gasteiger partial charge in [0, 0.05) is 29.6 Å². The number of nitrogens with zero attached hydrogens (tertiary/aromatic N) is 2. The van der Waals surface area contributed by atoms with Gasteiger partial charge in [0.1, 0.15) is 5.03 Å². The van der Waals surface area contributed by atoms with Gasteiger partial charge in [-0.2, -0.15) is 0 Å². The second-order valence-electron chi connectivity index (χ2n) is 5.14. The Labute approximate surface area is 135 Å². The Balaban J connectivity index is 1.85. The van der Waals surface area contributed by atoms with E-state index in [1.54, 1.807) is 6.07 Å². The summed E-state index contributed by atoms with van der Waals surface area (Å²) in [5, 5.41) is 11.7. The van der Waals surface area contributed by atoms with E-state index in [9.17, 15) is 14.9 Å². The Morgan fingerprint density at radius 2 is 1.96 bits per heavy atom. The Morgan fingerprint density at radius 1 is 1.17 bits per heavy atom. The summed E-state index contributed by atoms with van der Waals surface area (Å²) in [6.07, 6.45) is 0. The lowest BCUT2D eigenvalue weighted by atomic mass is 10.1. The SMILES string of the molecule is CN1/C(=C2\OC(=O)c3cc([N+](=O)[O-])ccc32)Sc2ccccc21. The molecule has 2 aliphatic heterocycles. The van der Waals surface area contributed by atoms with Crippen molar-refractivity contribution in [3.63, 3.8) is 0 Å². The van der Waals surface area contributed by atoms with Gasteiger partial charge in [0.25, 0.3) is 5.69 Å². The topological polar surface area (TPSA) is 72.7 Å². The molecule has 0 atom stereocenters. The number of para-hydroxylation sites is 1. The Hall–Kier alpha value is -2.80. The third kappa shape index (κ3) is 2.01. The molecule has 0 amide bonds. The normalized spacial score (nSPS) is 18.7. The fourth-order valence-electron chi connectivity index (χ4n) is 2.68. The number of hydrogen-bond donors (Lipinski definition) is 0. The first-order chi connectivity index (χ1) is 11.1. The van der Waals surface area contributed by atoms with Gasteiger partial charge in [0.2, 0.25) is 0 Å². The lowest BCUT2D eigenvalue weighted by Gasteiger charge is -2.15. The van der Waals surface area contributed by atoms with Gasteiger partial charge < -0.3 is 9.64 Å². The molecule has 7 heteroatoms. The number of nitro benzene ring substituents is 1. The lowest BCUT2D eigenvalue weighted by Crippen LogP contribution is -2.11. The molecule has 0 fully saturated rings. The van der Waals surface area contributed by atoms with Gasteiger partial charge in [-0.25, -0.2) is 4.79 Å². The highest BCUT2D eigenvalue weighted by Crippen LogP contribution is 2.49. The molecule has 0 unspecified atom stereocenters. The van der Waals surface area contributed by atoms with Gasteiger partial charge >= 0.3 is 5.97 Å². The third-order valence-electron chi connectivity index (χ3n) is 3.81. The average Bonchev–Trinajstić information content (AvgIpc) is 3.05. The number of anilines is 1. The molecule has 0 spiro atoms. The molecule has 0 aromatic heterocycles. The standard InChI is InChI=1S/C16H10N2O4S/c1-17-12-4-2-3-5-13(12)23-15(17)14-10-7-6-9(18(20)21)8-11(10)16(19)22-14/h2-8H,1H3/b15-14+. The summed E-state index contributed by atoms with van der Waals surface area (Å²) in [6.45, 7) is 0. The summed E-state index contributed by atoms with van der Waals surface area (Å²) >= 11 is 1.51. The second-order valence-corrected chi connectivity index (χ2v) is 6.17. The largest absolute Gasteiger partial charge is 0.419 e. The molecule has 0 aliphatic carbocycles. The van der Waals surface area contributed by atoms with Crippen LogP contribution in [0.1, 0.15) is 15.9 Å². The van der Waals surface area contributed by atoms with Crippen molar-refractivity contribution >= 4 is 34.9 Å². The van der Waals surface area contributed by atoms with Crippen LogP contribution in [0.15, 0.2) is 52.4 Å². The molecule has 2 aromatic rings. The van der Waals surface area contributed by atoms with E-state index in [1.165, 1.54) is 23.9 Å². The number of benzene rings is 2. The molecule has 0 saturated heterocycles. The number of nitro groups is 1. The van der Waals surface area contributed by atoms with E-state index in [4.69, 9.17) is 4.74 Å². The summed E-state index contributed by atoms with van der Waals surface area (Å²) in [4.78, 5) is 25.5. The molecule has 0 bridgehead atoms. The van der Waals surface area contributed by atoms with Crippen molar-refractivity contribution in [3.05, 3.63) is 68.7 Å². The highest BCUT2D eigenvalue weighted by Gasteiger charge is 2.35. The number of ether oxygens (including phenoxy) is 1. The molecule has 6 nitrogen and oxygen atoms in total. The van der Waals surface area contributed by atoms with Gasteiger partial charge in [-0.15, -0.1) is 0 Å². The Bertz CT molecular complexity index is 907. The number of cyclic esters (lactones) is 1. The van der Waals surface area contributed by atoms with Crippen molar-refractivity contribution in [1.82, 2.24) is 0 Å². The number of rotatable bonds is 1. The summed E-state index contributed by atoms with van der Waals surface area (Å²) < 4.78 is 5.41. The van der Waals surface area contributed by atoms with Crippen LogP contribution in [0.5, 0.6) is 0 Å². The van der Waals surface area contributed by atoms with Gasteiger partial charge in [0.05, 0.1) is 16.2 Å². The van der Waals surface area contributed by atoms with E-state index in [2.05, 4.69) is 0 Å². The van der Waals surface area contributed by atoms with Crippen LogP contribution >= 0.6 is 11.8 Å². The van der Waals surface area contributed by atoms with E-state index in [1.807, 2.05) is 36.2 Å². The maximum absolute atomic E-state index is 12.1. The third-order valence-corrected chi connectivity index (χ3v) is 5.02. The van der Waals surface area contributed by atoms with Crippen LogP contribution in [0.3, 0.4) is 0 Å². The predicted molar refractivity (Wildman–Crippen MR) is 86.1 cm³/mol. The van der Waals surface area contributed by atoms with E-state index >= 15 is 0 Å². The average molecular weight is 326 g/mol. The molecule has 0 saturated carbocycles. The number of hydrogen-bond acceptors (Lipinski definition) is 6. The summed E-state index contributed by atoms with van der Waals surface area (Å²) in [7, 11) is 1.90. The van der Waals surface area contributed by atoms with Crippen molar-refractivity contribution in [2.24, 2.45) is 0 Å². The zero-order valence-electron chi connectivity index (χ0n) is 12.0. The van der Waals surface area contributed by atoms with Crippen LogP contribution in [0.25, 0.3) is 5.76 Å². The summed E-state index contributed by atoms with van der Waals surface area (Å²) in [5.41, 5.74) is 1.73. The molecule has 2 aromatic carbocycles. The van der Waals surface area contributed by atoms with Crippen molar-refractivity contribution in [1.29, 1.82) is 0 Å². The molecule has 4 rings (SSSR count). The lowest BCUT2D eigenvalue weighted by molar-refractivity contribution is -0.384. The molecule has 2 heterocycles. The van der Waals surface area contributed by atoms with Crippen LogP contribution < -0.4 is 4.90 Å². The number of carbonyl (C=O) groups excluding carboxylic acids is 1. The number of fused-ring (bicyclic) bond motifs is 2. The molecule has 0 radical (unpaired) electrons. The van der Waals surface area contributed by atoms with Crippen molar-refractivity contribution < 1.29 is 14.5 Å². The monoisotopic (exact) mass is 326 g/mol. The van der Waals surface area contributed by atoms with Gasteiger partial charge in [-0.1, -0.05) is 23.9 Å². The number of non-ortho nitro benzene ring substituents is 1. The van der Waals surface area contributed by atoms with Crippen molar-refractivity contribution in [3.8, 4) is 0 Å². The number of esters is 1. The number of carbonyl (C=O) groups is 1.